The number of aromatic amines is 1. The summed E-state index contributed by atoms with van der Waals surface area (Å²) in [5, 5.41) is 10.6. The molecule has 162 valence electrons. The van der Waals surface area contributed by atoms with Crippen LogP contribution in [0.5, 0.6) is 0 Å². The number of fused-ring (bicyclic) bond motifs is 1. The van der Waals surface area contributed by atoms with Crippen molar-refractivity contribution in [1.82, 2.24) is 14.5 Å². The van der Waals surface area contributed by atoms with Crippen molar-refractivity contribution in [2.45, 2.75) is 18.6 Å². The summed E-state index contributed by atoms with van der Waals surface area (Å²) in [5.41, 5.74) is 0.168. The van der Waals surface area contributed by atoms with Crippen molar-refractivity contribution in [2.24, 2.45) is 0 Å². The number of amides is 1. The molecule has 4 rings (SSSR count). The molecule has 0 radical (unpaired) electrons. The first kappa shape index (κ1) is 21.4. The van der Waals surface area contributed by atoms with Crippen molar-refractivity contribution >= 4 is 40.2 Å². The number of carboxylic acid groups (broad SMARTS) is 1. The predicted octanol–water partition coefficient (Wildman–Crippen LogP) is 3.16. The van der Waals surface area contributed by atoms with Crippen LogP contribution in [0.2, 0.25) is 10.0 Å². The van der Waals surface area contributed by atoms with E-state index in [9.17, 15) is 19.5 Å². The van der Waals surface area contributed by atoms with Crippen LogP contribution in [-0.4, -0.2) is 51.5 Å². The van der Waals surface area contributed by atoms with Crippen molar-refractivity contribution in [2.75, 3.05) is 19.7 Å². The summed E-state index contributed by atoms with van der Waals surface area (Å²) in [5.74, 6) is -0.467. The Hall–Kier alpha value is -2.81. The molecule has 10 heteroatoms. The Morgan fingerprint density at radius 1 is 1.16 bits per heavy atom. The molecule has 31 heavy (non-hydrogen) atoms. The zero-order valence-corrected chi connectivity index (χ0v) is 17.8. The number of carbonyl (C=O) groups is 1. The Balaban J connectivity index is 1.76. The van der Waals surface area contributed by atoms with Crippen LogP contribution in [0.3, 0.4) is 0 Å². The summed E-state index contributed by atoms with van der Waals surface area (Å²) in [4.78, 5) is 41.2. The molecule has 2 aromatic carbocycles. The first-order chi connectivity index (χ1) is 14.8. The van der Waals surface area contributed by atoms with E-state index in [1.54, 1.807) is 42.5 Å². The molecular weight excluding hydrogens is 445 g/mol. The van der Waals surface area contributed by atoms with E-state index in [0.717, 1.165) is 4.57 Å². The topological polar surface area (TPSA) is 105 Å². The van der Waals surface area contributed by atoms with Crippen LogP contribution >= 0.6 is 23.2 Å². The highest BCUT2D eigenvalue weighted by Gasteiger charge is 2.32. The minimum absolute atomic E-state index is 0.0443. The third-order valence-electron chi connectivity index (χ3n) is 5.45. The largest absolute Gasteiger partial charge is 0.465 e. The van der Waals surface area contributed by atoms with Gasteiger partial charge in [0.15, 0.2) is 0 Å². The molecule has 2 atom stereocenters. The second-order valence-electron chi connectivity index (χ2n) is 7.31. The van der Waals surface area contributed by atoms with Crippen molar-refractivity contribution in [3.63, 3.8) is 0 Å². The zero-order valence-electron chi connectivity index (χ0n) is 16.3. The van der Waals surface area contributed by atoms with Gasteiger partial charge in [-0.15, -0.1) is 0 Å². The molecule has 1 aliphatic heterocycles. The van der Waals surface area contributed by atoms with Crippen LogP contribution < -0.4 is 11.2 Å². The number of para-hydroxylation sites is 1. The number of rotatable bonds is 3. The quantitative estimate of drug-likeness (QED) is 0.620. The van der Waals surface area contributed by atoms with Crippen LogP contribution in [0.15, 0.2) is 52.1 Å². The van der Waals surface area contributed by atoms with Crippen LogP contribution in [0.4, 0.5) is 4.79 Å². The van der Waals surface area contributed by atoms with E-state index in [1.165, 1.54) is 4.90 Å². The molecule has 8 nitrogen and oxygen atoms in total. The first-order valence-electron chi connectivity index (χ1n) is 9.61. The van der Waals surface area contributed by atoms with Crippen LogP contribution in [0.25, 0.3) is 10.9 Å². The van der Waals surface area contributed by atoms with E-state index >= 15 is 0 Å². The Labute approximate surface area is 186 Å². The van der Waals surface area contributed by atoms with E-state index < -0.39 is 29.4 Å². The molecule has 1 aliphatic rings. The lowest BCUT2D eigenvalue weighted by Gasteiger charge is -2.27. The fraction of sp³-hybridized carbons (Fsp3) is 0.286. The number of ether oxygens (including phenoxy) is 1. The number of hydrogen-bond donors (Lipinski definition) is 2. The van der Waals surface area contributed by atoms with E-state index in [4.69, 9.17) is 27.9 Å². The first-order valence-corrected chi connectivity index (χ1v) is 10.4. The lowest BCUT2D eigenvalue weighted by Crippen LogP contribution is -2.42. The Kier molecular flexibility index (Phi) is 6.04. The number of benzene rings is 2. The van der Waals surface area contributed by atoms with Crippen molar-refractivity contribution in [3.05, 3.63) is 78.9 Å². The van der Waals surface area contributed by atoms with Gasteiger partial charge in [-0.05, 0) is 29.8 Å². The Morgan fingerprint density at radius 2 is 1.94 bits per heavy atom. The standard InChI is InChI=1S/C21H19Cl2N3O5/c22-15-6-5-12(9-16(15)23)14-10-25(21(29)30)7-8-31-18(14)11-26-19(27)13-3-1-2-4-17(13)24-20(26)28/h1-6,9,14,18H,7-8,10-11H2,(H,24,28)(H,29,30). The van der Waals surface area contributed by atoms with Gasteiger partial charge in [0.1, 0.15) is 0 Å². The molecule has 2 heterocycles. The maximum Gasteiger partial charge on any atom is 0.407 e. The molecule has 1 amide bonds. The van der Waals surface area contributed by atoms with Gasteiger partial charge in [-0.25, -0.2) is 9.59 Å². The van der Waals surface area contributed by atoms with Gasteiger partial charge in [0.2, 0.25) is 0 Å². The maximum absolute atomic E-state index is 13.0. The van der Waals surface area contributed by atoms with E-state index in [1.807, 2.05) is 0 Å². The molecule has 1 fully saturated rings. The summed E-state index contributed by atoms with van der Waals surface area (Å²) >= 11 is 12.2. The van der Waals surface area contributed by atoms with Crippen molar-refractivity contribution < 1.29 is 14.6 Å². The summed E-state index contributed by atoms with van der Waals surface area (Å²) < 4.78 is 7.04. The molecule has 0 spiro atoms. The third kappa shape index (κ3) is 4.32. The summed E-state index contributed by atoms with van der Waals surface area (Å²) in [6, 6.07) is 11.8. The molecule has 0 bridgehead atoms. The highest BCUT2D eigenvalue weighted by Crippen LogP contribution is 2.31. The molecule has 3 aromatic rings. The van der Waals surface area contributed by atoms with Gasteiger partial charge in [0, 0.05) is 19.0 Å². The van der Waals surface area contributed by atoms with Gasteiger partial charge in [-0.3, -0.25) is 9.36 Å². The van der Waals surface area contributed by atoms with E-state index in [0.29, 0.717) is 26.5 Å². The molecular formula is C21H19Cl2N3O5. The lowest BCUT2D eigenvalue weighted by molar-refractivity contribution is 0.0376. The summed E-state index contributed by atoms with van der Waals surface area (Å²) in [7, 11) is 0. The fourth-order valence-corrected chi connectivity index (χ4v) is 4.14. The van der Waals surface area contributed by atoms with E-state index in [2.05, 4.69) is 4.98 Å². The molecule has 0 aliphatic carbocycles. The molecule has 0 saturated carbocycles. The number of hydrogen-bond acceptors (Lipinski definition) is 4. The normalized spacial score (nSPS) is 19.4. The lowest BCUT2D eigenvalue weighted by atomic mass is 9.92. The SMILES string of the molecule is O=C(O)N1CCOC(Cn2c(=O)[nH]c3ccccc3c2=O)C(c2ccc(Cl)c(Cl)c2)C1. The van der Waals surface area contributed by atoms with E-state index in [-0.39, 0.29) is 26.2 Å². The molecule has 2 N–H and O–H groups in total. The van der Waals surface area contributed by atoms with Gasteiger partial charge in [0.25, 0.3) is 5.56 Å². The minimum atomic E-state index is -1.07. The fourth-order valence-electron chi connectivity index (χ4n) is 3.84. The average molecular weight is 464 g/mol. The van der Waals surface area contributed by atoms with Crippen LogP contribution in [0, 0.1) is 0 Å². The second kappa shape index (κ2) is 8.74. The number of H-pyrrole nitrogens is 1. The minimum Gasteiger partial charge on any atom is -0.465 e. The smallest absolute Gasteiger partial charge is 0.407 e. The van der Waals surface area contributed by atoms with Crippen LogP contribution in [0.1, 0.15) is 11.5 Å². The van der Waals surface area contributed by atoms with Gasteiger partial charge >= 0.3 is 11.8 Å². The highest BCUT2D eigenvalue weighted by molar-refractivity contribution is 6.42. The number of halogens is 2. The van der Waals surface area contributed by atoms with Crippen molar-refractivity contribution in [3.8, 4) is 0 Å². The van der Waals surface area contributed by atoms with Gasteiger partial charge in [-0.2, -0.15) is 0 Å². The average Bonchev–Trinajstić information content (AvgIpc) is 2.96. The van der Waals surface area contributed by atoms with Gasteiger partial charge in [0.05, 0.1) is 40.2 Å². The van der Waals surface area contributed by atoms with Gasteiger partial charge < -0.3 is 19.7 Å². The number of aromatic nitrogens is 2. The monoisotopic (exact) mass is 463 g/mol. The number of nitrogens with zero attached hydrogens (tertiary/aromatic N) is 2. The predicted molar refractivity (Wildman–Crippen MR) is 117 cm³/mol. The molecule has 1 saturated heterocycles. The van der Waals surface area contributed by atoms with Crippen molar-refractivity contribution in [1.29, 1.82) is 0 Å². The second-order valence-corrected chi connectivity index (χ2v) is 8.12. The van der Waals surface area contributed by atoms with Gasteiger partial charge in [-0.1, -0.05) is 41.4 Å². The summed E-state index contributed by atoms with van der Waals surface area (Å²) in [6.45, 7) is 0.386. The molecule has 2 unspecified atom stereocenters. The maximum atomic E-state index is 13.0. The number of nitrogens with one attached hydrogen (secondary N) is 1. The summed E-state index contributed by atoms with van der Waals surface area (Å²) in [6.07, 6.45) is -1.71. The zero-order chi connectivity index (χ0) is 22.1. The Bertz CT molecular complexity index is 1260. The van der Waals surface area contributed by atoms with Crippen LogP contribution in [-0.2, 0) is 11.3 Å². The highest BCUT2D eigenvalue weighted by atomic mass is 35.5. The molecule has 1 aromatic heterocycles. The third-order valence-corrected chi connectivity index (χ3v) is 6.19. The Morgan fingerprint density at radius 3 is 2.68 bits per heavy atom.